The molecule has 0 aliphatic carbocycles. The van der Waals surface area contributed by atoms with Crippen LogP contribution >= 0.6 is 0 Å². The van der Waals surface area contributed by atoms with Crippen LogP contribution in [0.4, 0.5) is 0 Å². The van der Waals surface area contributed by atoms with E-state index in [0.717, 1.165) is 28.7 Å². The molecular formula is C22H25N3O2. The molecule has 0 spiro atoms. The van der Waals surface area contributed by atoms with E-state index < -0.39 is 5.60 Å². The Morgan fingerprint density at radius 3 is 2.41 bits per heavy atom. The summed E-state index contributed by atoms with van der Waals surface area (Å²) in [7, 11) is 1.77. The summed E-state index contributed by atoms with van der Waals surface area (Å²) >= 11 is 0. The van der Waals surface area contributed by atoms with E-state index in [1.54, 1.807) is 32.0 Å². The highest BCUT2D eigenvalue weighted by atomic mass is 16.3. The normalized spacial score (nSPS) is 11.6. The lowest BCUT2D eigenvalue weighted by Crippen LogP contribution is -2.26. The van der Waals surface area contributed by atoms with Gasteiger partial charge in [-0.15, -0.1) is 0 Å². The zero-order chi connectivity index (χ0) is 19.4. The summed E-state index contributed by atoms with van der Waals surface area (Å²) in [6.45, 7) is 4.00. The van der Waals surface area contributed by atoms with Gasteiger partial charge in [-0.1, -0.05) is 24.3 Å². The smallest absolute Gasteiger partial charge is 0.253 e. The highest BCUT2D eigenvalue weighted by Gasteiger charge is 2.15. The van der Waals surface area contributed by atoms with Gasteiger partial charge >= 0.3 is 0 Å². The predicted molar refractivity (Wildman–Crippen MR) is 106 cm³/mol. The van der Waals surface area contributed by atoms with Crippen LogP contribution in [-0.2, 0) is 13.0 Å². The van der Waals surface area contributed by atoms with Crippen molar-refractivity contribution in [2.45, 2.75) is 38.8 Å². The number of hydrogen-bond donors (Lipinski definition) is 1. The number of para-hydroxylation sites is 2. The molecule has 1 aromatic heterocycles. The van der Waals surface area contributed by atoms with Crippen molar-refractivity contribution in [1.29, 1.82) is 0 Å². The van der Waals surface area contributed by atoms with Crippen LogP contribution in [0, 0.1) is 0 Å². The summed E-state index contributed by atoms with van der Waals surface area (Å²) < 4.78 is 0. The van der Waals surface area contributed by atoms with E-state index >= 15 is 0 Å². The first-order chi connectivity index (χ1) is 12.8. The third-order valence-electron chi connectivity index (χ3n) is 4.47. The van der Waals surface area contributed by atoms with E-state index in [0.29, 0.717) is 18.5 Å². The Kier molecular flexibility index (Phi) is 5.51. The largest absolute Gasteiger partial charge is 0.390 e. The molecule has 2 aromatic carbocycles. The van der Waals surface area contributed by atoms with Crippen LogP contribution in [0.1, 0.15) is 41.9 Å². The minimum atomic E-state index is -0.685. The quantitative estimate of drug-likeness (QED) is 0.727. The van der Waals surface area contributed by atoms with Crippen molar-refractivity contribution in [2.24, 2.45) is 0 Å². The standard InChI is InChI=1S/C22H25N3O2/c1-22(2,27)13-12-16-8-10-17(11-9-16)21(26)25(3)15-18-14-23-19-6-4-5-7-20(19)24-18/h4-11,14,27H,12-13,15H2,1-3H3. The molecule has 1 N–H and O–H groups in total. The van der Waals surface area contributed by atoms with Gasteiger partial charge in [-0.25, -0.2) is 4.98 Å². The van der Waals surface area contributed by atoms with Crippen LogP contribution in [0.2, 0.25) is 0 Å². The van der Waals surface area contributed by atoms with E-state index in [-0.39, 0.29) is 5.91 Å². The number of carbonyl (C=O) groups excluding carboxylic acids is 1. The number of amides is 1. The molecule has 0 aliphatic heterocycles. The Balaban J connectivity index is 1.65. The summed E-state index contributed by atoms with van der Waals surface area (Å²) in [5.41, 5.74) is 3.49. The number of benzene rings is 2. The third kappa shape index (κ3) is 5.11. The lowest BCUT2D eigenvalue weighted by Gasteiger charge is -2.18. The average molecular weight is 363 g/mol. The van der Waals surface area contributed by atoms with Crippen molar-refractivity contribution in [3.05, 3.63) is 71.5 Å². The van der Waals surface area contributed by atoms with Crippen LogP contribution in [0.3, 0.4) is 0 Å². The molecule has 0 unspecified atom stereocenters. The van der Waals surface area contributed by atoms with Gasteiger partial charge in [-0.2, -0.15) is 0 Å². The fraction of sp³-hybridized carbons (Fsp3) is 0.318. The van der Waals surface area contributed by atoms with Gasteiger partial charge in [-0.05, 0) is 56.5 Å². The summed E-state index contributed by atoms with van der Waals surface area (Å²) in [5.74, 6) is -0.0565. The van der Waals surface area contributed by atoms with Gasteiger partial charge in [0.15, 0.2) is 0 Å². The first-order valence-corrected chi connectivity index (χ1v) is 9.09. The first-order valence-electron chi connectivity index (χ1n) is 9.09. The second-order valence-corrected chi connectivity index (χ2v) is 7.52. The van der Waals surface area contributed by atoms with Crippen molar-refractivity contribution in [1.82, 2.24) is 14.9 Å². The maximum Gasteiger partial charge on any atom is 0.253 e. The second-order valence-electron chi connectivity index (χ2n) is 7.52. The number of hydrogen-bond acceptors (Lipinski definition) is 4. The minimum absolute atomic E-state index is 0.0565. The zero-order valence-corrected chi connectivity index (χ0v) is 16.0. The zero-order valence-electron chi connectivity index (χ0n) is 16.0. The van der Waals surface area contributed by atoms with Crippen LogP contribution in [0.25, 0.3) is 11.0 Å². The molecule has 0 bridgehead atoms. The number of aliphatic hydroxyl groups is 1. The molecule has 0 radical (unpaired) electrons. The fourth-order valence-corrected chi connectivity index (χ4v) is 2.87. The van der Waals surface area contributed by atoms with E-state index in [9.17, 15) is 9.90 Å². The second kappa shape index (κ2) is 7.84. The van der Waals surface area contributed by atoms with E-state index in [4.69, 9.17) is 0 Å². The Hall–Kier alpha value is -2.79. The van der Waals surface area contributed by atoms with Crippen molar-refractivity contribution < 1.29 is 9.90 Å². The van der Waals surface area contributed by atoms with Crippen LogP contribution in [-0.4, -0.2) is 38.5 Å². The number of rotatable bonds is 6. The Morgan fingerprint density at radius 2 is 1.74 bits per heavy atom. The molecule has 0 saturated heterocycles. The third-order valence-corrected chi connectivity index (χ3v) is 4.47. The minimum Gasteiger partial charge on any atom is -0.390 e. The molecule has 27 heavy (non-hydrogen) atoms. The lowest BCUT2D eigenvalue weighted by molar-refractivity contribution is 0.0713. The summed E-state index contributed by atoms with van der Waals surface area (Å²) in [5, 5.41) is 9.83. The first kappa shape index (κ1) is 19.0. The van der Waals surface area contributed by atoms with E-state index in [1.165, 1.54) is 0 Å². The van der Waals surface area contributed by atoms with Crippen molar-refractivity contribution in [2.75, 3.05) is 7.05 Å². The summed E-state index contributed by atoms with van der Waals surface area (Å²) in [4.78, 5) is 23.3. The van der Waals surface area contributed by atoms with Crippen molar-refractivity contribution in [3.63, 3.8) is 0 Å². The topological polar surface area (TPSA) is 66.3 Å². The van der Waals surface area contributed by atoms with Crippen LogP contribution in [0.5, 0.6) is 0 Å². The molecule has 5 heteroatoms. The highest BCUT2D eigenvalue weighted by Crippen LogP contribution is 2.15. The Bertz CT molecular complexity index is 930. The van der Waals surface area contributed by atoms with E-state index in [1.807, 2.05) is 48.5 Å². The monoisotopic (exact) mass is 363 g/mol. The Morgan fingerprint density at radius 1 is 1.07 bits per heavy atom. The molecule has 3 rings (SSSR count). The SMILES string of the molecule is CN(Cc1cnc2ccccc2n1)C(=O)c1ccc(CCC(C)(C)O)cc1. The predicted octanol–water partition coefficient (Wildman–Crippen LogP) is 3.61. The summed E-state index contributed by atoms with van der Waals surface area (Å²) in [6.07, 6.45) is 3.17. The Labute approximate surface area is 159 Å². The van der Waals surface area contributed by atoms with Crippen molar-refractivity contribution in [3.8, 4) is 0 Å². The number of nitrogens with zero attached hydrogens (tertiary/aromatic N) is 3. The maximum absolute atomic E-state index is 12.7. The molecule has 5 nitrogen and oxygen atoms in total. The average Bonchev–Trinajstić information content (AvgIpc) is 2.65. The van der Waals surface area contributed by atoms with Crippen LogP contribution < -0.4 is 0 Å². The van der Waals surface area contributed by atoms with Gasteiger partial charge in [0.25, 0.3) is 5.91 Å². The molecular weight excluding hydrogens is 338 g/mol. The fourth-order valence-electron chi connectivity index (χ4n) is 2.87. The van der Waals surface area contributed by atoms with Gasteiger partial charge in [0.2, 0.25) is 0 Å². The number of fused-ring (bicyclic) bond motifs is 1. The number of aryl methyl sites for hydroxylation is 1. The number of aromatic nitrogens is 2. The molecule has 0 fully saturated rings. The molecule has 1 amide bonds. The molecule has 0 saturated carbocycles. The molecule has 0 aliphatic rings. The van der Waals surface area contributed by atoms with Gasteiger partial charge < -0.3 is 10.0 Å². The lowest BCUT2D eigenvalue weighted by atomic mass is 9.98. The number of carbonyl (C=O) groups is 1. The molecule has 3 aromatic rings. The van der Waals surface area contributed by atoms with Crippen molar-refractivity contribution >= 4 is 16.9 Å². The molecule has 140 valence electrons. The van der Waals surface area contributed by atoms with Crippen LogP contribution in [0.15, 0.2) is 54.7 Å². The highest BCUT2D eigenvalue weighted by molar-refractivity contribution is 5.94. The molecule has 0 atom stereocenters. The molecule has 1 heterocycles. The van der Waals surface area contributed by atoms with Gasteiger partial charge in [-0.3, -0.25) is 9.78 Å². The maximum atomic E-state index is 12.7. The van der Waals surface area contributed by atoms with E-state index in [2.05, 4.69) is 9.97 Å². The summed E-state index contributed by atoms with van der Waals surface area (Å²) in [6, 6.07) is 15.3. The van der Waals surface area contributed by atoms with Gasteiger partial charge in [0, 0.05) is 12.6 Å². The van der Waals surface area contributed by atoms with Gasteiger partial charge in [0.1, 0.15) is 0 Å². The van der Waals surface area contributed by atoms with Gasteiger partial charge in [0.05, 0.1) is 35.1 Å².